The molecule has 0 radical (unpaired) electrons. The highest BCUT2D eigenvalue weighted by Gasteiger charge is 2.25. The molecule has 0 amide bonds. The number of aromatic nitrogens is 2. The Morgan fingerprint density at radius 3 is 2.78 bits per heavy atom. The quantitative estimate of drug-likeness (QED) is 0.755. The maximum atomic E-state index is 12.3. The van der Waals surface area contributed by atoms with Crippen LogP contribution < -0.4 is 0 Å². The van der Waals surface area contributed by atoms with E-state index in [1.165, 1.54) is 11.1 Å². The number of rotatable bonds is 2. The van der Waals surface area contributed by atoms with Gasteiger partial charge in [0.05, 0.1) is 6.20 Å². The summed E-state index contributed by atoms with van der Waals surface area (Å²) >= 11 is 0. The monoisotopic (exact) mass is 238 g/mol. The van der Waals surface area contributed by atoms with Crippen LogP contribution in [0.2, 0.25) is 0 Å². The van der Waals surface area contributed by atoms with Crippen LogP contribution in [0, 0.1) is 5.92 Å². The molecule has 3 heteroatoms. The van der Waals surface area contributed by atoms with E-state index in [1.807, 2.05) is 6.07 Å². The van der Waals surface area contributed by atoms with Gasteiger partial charge in [-0.1, -0.05) is 24.3 Å². The normalized spacial score (nSPS) is 18.1. The number of nitrogens with zero attached hydrogens (tertiary/aromatic N) is 2. The molecule has 1 atom stereocenters. The molecule has 1 heterocycles. The van der Waals surface area contributed by atoms with Crippen LogP contribution in [0.5, 0.6) is 0 Å². The van der Waals surface area contributed by atoms with Crippen molar-refractivity contribution in [2.45, 2.75) is 19.3 Å². The molecule has 1 aromatic heterocycles. The number of benzene rings is 1. The second-order valence-electron chi connectivity index (χ2n) is 4.66. The molecular formula is C15H14N2O. The van der Waals surface area contributed by atoms with E-state index in [-0.39, 0.29) is 11.7 Å². The SMILES string of the molecule is O=C(c1cnccn1)C1CCc2ccccc2C1. The van der Waals surface area contributed by atoms with Gasteiger partial charge in [0.15, 0.2) is 5.78 Å². The van der Waals surface area contributed by atoms with Crippen LogP contribution in [-0.4, -0.2) is 15.8 Å². The molecule has 0 aliphatic heterocycles. The Morgan fingerprint density at radius 2 is 2.00 bits per heavy atom. The molecule has 0 N–H and O–H groups in total. The molecule has 3 rings (SSSR count). The first kappa shape index (κ1) is 11.1. The Morgan fingerprint density at radius 1 is 1.17 bits per heavy atom. The third kappa shape index (κ3) is 2.04. The van der Waals surface area contributed by atoms with E-state index in [1.54, 1.807) is 18.6 Å². The van der Waals surface area contributed by atoms with Gasteiger partial charge in [0.1, 0.15) is 5.69 Å². The lowest BCUT2D eigenvalue weighted by atomic mass is 9.81. The minimum absolute atomic E-state index is 0.0524. The number of carbonyl (C=O) groups is 1. The first-order chi connectivity index (χ1) is 8.84. The maximum absolute atomic E-state index is 12.3. The van der Waals surface area contributed by atoms with Crippen LogP contribution in [-0.2, 0) is 12.8 Å². The van der Waals surface area contributed by atoms with Gasteiger partial charge in [-0.05, 0) is 30.4 Å². The van der Waals surface area contributed by atoms with Gasteiger partial charge >= 0.3 is 0 Å². The third-order valence-corrected chi connectivity index (χ3v) is 3.53. The summed E-state index contributed by atoms with van der Waals surface area (Å²) in [7, 11) is 0. The fourth-order valence-electron chi connectivity index (χ4n) is 2.56. The first-order valence-corrected chi connectivity index (χ1v) is 6.21. The molecule has 18 heavy (non-hydrogen) atoms. The zero-order chi connectivity index (χ0) is 12.4. The predicted octanol–water partition coefficient (Wildman–Crippen LogP) is 2.46. The van der Waals surface area contributed by atoms with Crippen molar-refractivity contribution in [1.82, 2.24) is 9.97 Å². The summed E-state index contributed by atoms with van der Waals surface area (Å²) in [5.41, 5.74) is 3.16. The van der Waals surface area contributed by atoms with Crippen LogP contribution in [0.4, 0.5) is 0 Å². The van der Waals surface area contributed by atoms with Gasteiger partial charge in [-0.2, -0.15) is 0 Å². The lowest BCUT2D eigenvalue weighted by molar-refractivity contribution is 0.0903. The molecule has 1 aromatic carbocycles. The average molecular weight is 238 g/mol. The summed E-state index contributed by atoms with van der Waals surface area (Å²) in [4.78, 5) is 20.4. The molecule has 0 spiro atoms. The molecule has 0 saturated heterocycles. The number of Topliss-reactive ketones (excluding diaryl/α,β-unsaturated/α-hetero) is 1. The molecule has 1 aliphatic rings. The van der Waals surface area contributed by atoms with Gasteiger partial charge in [0.25, 0.3) is 0 Å². The molecule has 1 aliphatic carbocycles. The van der Waals surface area contributed by atoms with Gasteiger partial charge in [0.2, 0.25) is 0 Å². The average Bonchev–Trinajstić information content (AvgIpc) is 2.47. The molecule has 2 aromatic rings. The number of aryl methyl sites for hydroxylation is 1. The van der Waals surface area contributed by atoms with Crippen LogP contribution >= 0.6 is 0 Å². The van der Waals surface area contributed by atoms with E-state index in [0.29, 0.717) is 5.69 Å². The molecular weight excluding hydrogens is 224 g/mol. The van der Waals surface area contributed by atoms with Crippen molar-refractivity contribution < 1.29 is 4.79 Å². The van der Waals surface area contributed by atoms with Crippen molar-refractivity contribution in [2.75, 3.05) is 0 Å². The summed E-state index contributed by atoms with van der Waals surface area (Å²) in [6.45, 7) is 0. The second kappa shape index (κ2) is 4.69. The van der Waals surface area contributed by atoms with E-state index < -0.39 is 0 Å². The molecule has 0 bridgehead atoms. The van der Waals surface area contributed by atoms with E-state index in [4.69, 9.17) is 0 Å². The Bertz CT molecular complexity index is 566. The summed E-state index contributed by atoms with van der Waals surface area (Å²) in [6, 6.07) is 8.36. The predicted molar refractivity (Wildman–Crippen MR) is 68.3 cm³/mol. The number of carbonyl (C=O) groups excluding carboxylic acids is 1. The highest BCUT2D eigenvalue weighted by molar-refractivity contribution is 5.96. The Labute approximate surface area is 106 Å². The first-order valence-electron chi connectivity index (χ1n) is 6.21. The van der Waals surface area contributed by atoms with Crippen molar-refractivity contribution in [1.29, 1.82) is 0 Å². The van der Waals surface area contributed by atoms with E-state index in [0.717, 1.165) is 19.3 Å². The summed E-state index contributed by atoms with van der Waals surface area (Å²) in [5, 5.41) is 0. The molecule has 3 nitrogen and oxygen atoms in total. The molecule has 0 fully saturated rings. The number of hydrogen-bond donors (Lipinski definition) is 0. The summed E-state index contributed by atoms with van der Waals surface area (Å²) in [5.74, 6) is 0.175. The Balaban J connectivity index is 1.82. The van der Waals surface area contributed by atoms with E-state index in [9.17, 15) is 4.79 Å². The number of ketones is 1. The summed E-state index contributed by atoms with van der Waals surface area (Å²) in [6.07, 6.45) is 7.44. The minimum atomic E-state index is 0.0524. The van der Waals surface area contributed by atoms with Crippen LogP contribution in [0.15, 0.2) is 42.9 Å². The Hall–Kier alpha value is -2.03. The van der Waals surface area contributed by atoms with E-state index >= 15 is 0 Å². The maximum Gasteiger partial charge on any atom is 0.186 e. The van der Waals surface area contributed by atoms with Crippen molar-refractivity contribution in [3.63, 3.8) is 0 Å². The van der Waals surface area contributed by atoms with Crippen molar-refractivity contribution in [3.8, 4) is 0 Å². The molecule has 1 unspecified atom stereocenters. The summed E-state index contributed by atoms with van der Waals surface area (Å²) < 4.78 is 0. The van der Waals surface area contributed by atoms with E-state index in [2.05, 4.69) is 28.2 Å². The topological polar surface area (TPSA) is 42.9 Å². The van der Waals surface area contributed by atoms with Crippen LogP contribution in [0.3, 0.4) is 0 Å². The zero-order valence-corrected chi connectivity index (χ0v) is 10.0. The lowest BCUT2D eigenvalue weighted by Gasteiger charge is -2.23. The highest BCUT2D eigenvalue weighted by atomic mass is 16.1. The smallest absolute Gasteiger partial charge is 0.186 e. The lowest BCUT2D eigenvalue weighted by Crippen LogP contribution is -2.23. The van der Waals surface area contributed by atoms with Gasteiger partial charge in [-0.15, -0.1) is 0 Å². The van der Waals surface area contributed by atoms with Crippen molar-refractivity contribution in [2.24, 2.45) is 5.92 Å². The number of fused-ring (bicyclic) bond motifs is 1. The fraction of sp³-hybridized carbons (Fsp3) is 0.267. The van der Waals surface area contributed by atoms with Gasteiger partial charge < -0.3 is 0 Å². The largest absolute Gasteiger partial charge is 0.292 e. The van der Waals surface area contributed by atoms with Gasteiger partial charge in [0, 0.05) is 18.3 Å². The molecule has 0 saturated carbocycles. The fourth-order valence-corrected chi connectivity index (χ4v) is 2.56. The number of hydrogen-bond acceptors (Lipinski definition) is 3. The van der Waals surface area contributed by atoms with Crippen molar-refractivity contribution in [3.05, 3.63) is 59.7 Å². The van der Waals surface area contributed by atoms with Gasteiger partial charge in [-0.25, -0.2) is 4.98 Å². The highest BCUT2D eigenvalue weighted by Crippen LogP contribution is 2.27. The van der Waals surface area contributed by atoms with Crippen LogP contribution in [0.25, 0.3) is 0 Å². The minimum Gasteiger partial charge on any atom is -0.292 e. The zero-order valence-electron chi connectivity index (χ0n) is 10.0. The molecule has 90 valence electrons. The third-order valence-electron chi connectivity index (χ3n) is 3.53. The van der Waals surface area contributed by atoms with Crippen LogP contribution in [0.1, 0.15) is 28.0 Å². The van der Waals surface area contributed by atoms with Crippen molar-refractivity contribution >= 4 is 5.78 Å². The van der Waals surface area contributed by atoms with Gasteiger partial charge in [-0.3, -0.25) is 9.78 Å². The Kier molecular flexibility index (Phi) is 2.89. The second-order valence-corrected chi connectivity index (χ2v) is 4.66. The standard InChI is InChI=1S/C15H14N2O/c18-15(14-10-16-7-8-17-14)13-6-5-11-3-1-2-4-12(11)9-13/h1-4,7-8,10,13H,5-6,9H2.